The maximum Gasteiger partial charge on any atom is 0.329 e. The molecule has 3 N–H and O–H groups in total. The van der Waals surface area contributed by atoms with Crippen molar-refractivity contribution in [3.8, 4) is 0 Å². The van der Waals surface area contributed by atoms with Crippen LogP contribution in [-0.4, -0.2) is 53.6 Å². The Labute approximate surface area is 125 Å². The van der Waals surface area contributed by atoms with E-state index in [4.69, 9.17) is 0 Å². The summed E-state index contributed by atoms with van der Waals surface area (Å²) in [7, 11) is 1.64. The number of carbonyl (C=O) groups is 3. The van der Waals surface area contributed by atoms with Crippen molar-refractivity contribution in [2.45, 2.75) is 51.0 Å². The molecule has 120 valence electrons. The maximum absolute atomic E-state index is 11.9. The Hall–Kier alpha value is -1.79. The molecule has 0 heterocycles. The Bertz CT molecular complexity index is 390. The van der Waals surface area contributed by atoms with Crippen molar-refractivity contribution < 1.29 is 19.5 Å². The Balaban J connectivity index is 2.57. The summed E-state index contributed by atoms with van der Waals surface area (Å²) in [6, 6.07) is -0.600. The molecule has 3 amide bonds. The van der Waals surface area contributed by atoms with Gasteiger partial charge in [0.05, 0.1) is 6.54 Å². The first-order chi connectivity index (χ1) is 9.91. The Morgan fingerprint density at radius 2 is 1.71 bits per heavy atom. The van der Waals surface area contributed by atoms with Gasteiger partial charge >= 0.3 is 12.0 Å². The van der Waals surface area contributed by atoms with E-state index < -0.39 is 17.5 Å². The van der Waals surface area contributed by atoms with Crippen LogP contribution in [0.3, 0.4) is 0 Å². The van der Waals surface area contributed by atoms with Gasteiger partial charge in [0.2, 0.25) is 5.91 Å². The highest BCUT2D eigenvalue weighted by molar-refractivity contribution is 5.88. The highest BCUT2D eigenvalue weighted by Crippen LogP contribution is 2.27. The summed E-state index contributed by atoms with van der Waals surface area (Å²) >= 11 is 0. The molecule has 7 nitrogen and oxygen atoms in total. The molecule has 1 fully saturated rings. The number of urea groups is 1. The molecule has 0 aromatic rings. The standard InChI is InChI=1S/C14H25N3O4/c1-3-17(2)11(18)10-15-13(21)16-14(12(19)20)8-6-4-5-7-9-14/h3-10H2,1-2H3,(H,19,20)(H2,15,16,21). The van der Waals surface area contributed by atoms with E-state index in [-0.39, 0.29) is 12.5 Å². The van der Waals surface area contributed by atoms with Gasteiger partial charge in [-0.25, -0.2) is 9.59 Å². The second-order valence-corrected chi connectivity index (χ2v) is 5.52. The van der Waals surface area contributed by atoms with Gasteiger partial charge in [-0.1, -0.05) is 25.7 Å². The van der Waals surface area contributed by atoms with Crippen molar-refractivity contribution >= 4 is 17.9 Å². The smallest absolute Gasteiger partial charge is 0.329 e. The van der Waals surface area contributed by atoms with Gasteiger partial charge in [-0.2, -0.15) is 0 Å². The lowest BCUT2D eigenvalue weighted by Gasteiger charge is -2.29. The topological polar surface area (TPSA) is 98.7 Å². The third-order valence-electron chi connectivity index (χ3n) is 4.02. The minimum absolute atomic E-state index is 0.133. The van der Waals surface area contributed by atoms with E-state index in [0.717, 1.165) is 25.7 Å². The predicted molar refractivity (Wildman–Crippen MR) is 77.9 cm³/mol. The fourth-order valence-corrected chi connectivity index (χ4v) is 2.45. The molecule has 1 aliphatic rings. The average Bonchev–Trinajstić information content (AvgIpc) is 2.70. The summed E-state index contributed by atoms with van der Waals surface area (Å²) < 4.78 is 0. The third-order valence-corrected chi connectivity index (χ3v) is 4.02. The number of carboxylic acids is 1. The number of aliphatic carboxylic acids is 1. The molecule has 1 aliphatic carbocycles. The third kappa shape index (κ3) is 4.91. The summed E-state index contributed by atoms with van der Waals surface area (Å²) in [4.78, 5) is 36.5. The van der Waals surface area contributed by atoms with E-state index in [9.17, 15) is 19.5 Å². The fraction of sp³-hybridized carbons (Fsp3) is 0.786. The monoisotopic (exact) mass is 299 g/mol. The van der Waals surface area contributed by atoms with Crippen LogP contribution in [-0.2, 0) is 9.59 Å². The predicted octanol–water partition coefficient (Wildman–Crippen LogP) is 0.941. The van der Waals surface area contributed by atoms with Crippen molar-refractivity contribution in [1.29, 1.82) is 0 Å². The normalized spacial score (nSPS) is 17.4. The number of carbonyl (C=O) groups excluding carboxylic acids is 2. The van der Waals surface area contributed by atoms with E-state index in [1.165, 1.54) is 4.90 Å². The molecular formula is C14H25N3O4. The summed E-state index contributed by atoms with van der Waals surface area (Å²) in [5, 5.41) is 14.5. The lowest BCUT2D eigenvalue weighted by atomic mass is 9.90. The van der Waals surface area contributed by atoms with E-state index in [1.54, 1.807) is 7.05 Å². The van der Waals surface area contributed by atoms with Gasteiger partial charge in [0, 0.05) is 13.6 Å². The van der Waals surface area contributed by atoms with Gasteiger partial charge in [-0.05, 0) is 19.8 Å². The SMILES string of the molecule is CCN(C)C(=O)CNC(=O)NC1(C(=O)O)CCCCCC1. The zero-order valence-corrected chi connectivity index (χ0v) is 12.8. The first-order valence-corrected chi connectivity index (χ1v) is 7.44. The zero-order valence-electron chi connectivity index (χ0n) is 12.8. The number of amides is 3. The summed E-state index contributed by atoms with van der Waals surface area (Å²) in [6.45, 7) is 2.26. The molecule has 0 bridgehead atoms. The van der Waals surface area contributed by atoms with Crippen LogP contribution in [0, 0.1) is 0 Å². The van der Waals surface area contributed by atoms with Crippen LogP contribution >= 0.6 is 0 Å². The summed E-state index contributed by atoms with van der Waals surface area (Å²) in [5.41, 5.74) is -1.21. The van der Waals surface area contributed by atoms with Crippen molar-refractivity contribution in [1.82, 2.24) is 15.5 Å². The molecule has 1 rings (SSSR count). The Morgan fingerprint density at radius 3 is 2.19 bits per heavy atom. The van der Waals surface area contributed by atoms with Crippen LogP contribution in [0.1, 0.15) is 45.4 Å². The molecule has 0 atom stereocenters. The number of hydrogen-bond acceptors (Lipinski definition) is 3. The maximum atomic E-state index is 11.9. The van der Waals surface area contributed by atoms with Crippen molar-refractivity contribution in [3.63, 3.8) is 0 Å². The number of rotatable bonds is 5. The highest BCUT2D eigenvalue weighted by Gasteiger charge is 2.40. The molecule has 21 heavy (non-hydrogen) atoms. The molecule has 0 aromatic carbocycles. The highest BCUT2D eigenvalue weighted by atomic mass is 16.4. The first kappa shape index (κ1) is 17.3. The van der Waals surface area contributed by atoms with Crippen LogP contribution in [0.4, 0.5) is 4.79 Å². The minimum atomic E-state index is -1.21. The largest absolute Gasteiger partial charge is 0.480 e. The molecule has 0 radical (unpaired) electrons. The van der Waals surface area contributed by atoms with Gasteiger partial charge in [-0.15, -0.1) is 0 Å². The van der Waals surface area contributed by atoms with Crippen LogP contribution in [0.2, 0.25) is 0 Å². The van der Waals surface area contributed by atoms with E-state index in [2.05, 4.69) is 10.6 Å². The molecule has 7 heteroatoms. The van der Waals surface area contributed by atoms with Gasteiger partial charge in [0.1, 0.15) is 5.54 Å². The van der Waals surface area contributed by atoms with Gasteiger partial charge in [-0.3, -0.25) is 4.79 Å². The molecular weight excluding hydrogens is 274 g/mol. The van der Waals surface area contributed by atoms with Crippen LogP contribution in [0.5, 0.6) is 0 Å². The molecule has 0 saturated heterocycles. The number of likely N-dealkylation sites (N-methyl/N-ethyl adjacent to an activating group) is 1. The molecule has 0 aromatic heterocycles. The molecule has 0 unspecified atom stereocenters. The molecule has 1 saturated carbocycles. The van der Waals surface area contributed by atoms with Gasteiger partial charge in [0.25, 0.3) is 0 Å². The number of hydrogen-bond donors (Lipinski definition) is 3. The van der Waals surface area contributed by atoms with E-state index in [0.29, 0.717) is 19.4 Å². The number of carboxylic acid groups (broad SMARTS) is 1. The van der Waals surface area contributed by atoms with Crippen molar-refractivity contribution in [3.05, 3.63) is 0 Å². The second-order valence-electron chi connectivity index (χ2n) is 5.52. The quantitative estimate of drug-likeness (QED) is 0.658. The van der Waals surface area contributed by atoms with Gasteiger partial charge < -0.3 is 20.6 Å². The van der Waals surface area contributed by atoms with Crippen LogP contribution < -0.4 is 10.6 Å². The van der Waals surface area contributed by atoms with Crippen molar-refractivity contribution in [2.75, 3.05) is 20.1 Å². The second kappa shape index (κ2) is 7.85. The summed E-state index contributed by atoms with van der Waals surface area (Å²) in [6.07, 6.45) is 4.39. The zero-order chi connectivity index (χ0) is 15.9. The lowest BCUT2D eigenvalue weighted by Crippen LogP contribution is -2.57. The van der Waals surface area contributed by atoms with Crippen LogP contribution in [0.15, 0.2) is 0 Å². The van der Waals surface area contributed by atoms with Crippen molar-refractivity contribution in [2.24, 2.45) is 0 Å². The molecule has 0 aliphatic heterocycles. The van der Waals surface area contributed by atoms with Gasteiger partial charge in [0.15, 0.2) is 0 Å². The van der Waals surface area contributed by atoms with E-state index in [1.807, 2.05) is 6.92 Å². The number of nitrogens with zero attached hydrogens (tertiary/aromatic N) is 1. The fourth-order valence-electron chi connectivity index (χ4n) is 2.45. The minimum Gasteiger partial charge on any atom is -0.480 e. The number of nitrogens with one attached hydrogen (secondary N) is 2. The summed E-state index contributed by atoms with van der Waals surface area (Å²) in [5.74, 6) is -1.21. The lowest BCUT2D eigenvalue weighted by molar-refractivity contribution is -0.145. The first-order valence-electron chi connectivity index (χ1n) is 7.44. The molecule has 0 spiro atoms. The Morgan fingerprint density at radius 1 is 1.14 bits per heavy atom. The Kier molecular flexibility index (Phi) is 6.45. The van der Waals surface area contributed by atoms with Crippen LogP contribution in [0.25, 0.3) is 0 Å². The average molecular weight is 299 g/mol. The van der Waals surface area contributed by atoms with E-state index >= 15 is 0 Å².